The third kappa shape index (κ3) is 2.02. The van der Waals surface area contributed by atoms with E-state index in [2.05, 4.69) is 28.7 Å². The van der Waals surface area contributed by atoms with Crippen molar-refractivity contribution < 1.29 is 13.2 Å². The number of hydrogen-bond donors (Lipinski definition) is 0. The molecular formula is C16H18ClNO3S. The summed E-state index contributed by atoms with van der Waals surface area (Å²) in [5.41, 5.74) is 2.23. The van der Waals surface area contributed by atoms with Crippen LogP contribution in [0.1, 0.15) is 49.7 Å². The summed E-state index contributed by atoms with van der Waals surface area (Å²) < 4.78 is 32.5. The SMILES string of the molecule is O=S(=O)(Cl)/N=C1/CC23CCCCC2(CCc2ccccc23)O1. The topological polar surface area (TPSA) is 55.7 Å². The Balaban J connectivity index is 1.89. The molecule has 1 aromatic rings. The Morgan fingerprint density at radius 3 is 2.73 bits per heavy atom. The predicted octanol–water partition coefficient (Wildman–Crippen LogP) is 3.49. The Kier molecular flexibility index (Phi) is 3.11. The summed E-state index contributed by atoms with van der Waals surface area (Å²) in [7, 11) is 1.37. The van der Waals surface area contributed by atoms with Crippen LogP contribution >= 0.6 is 10.7 Å². The molecule has 0 bridgehead atoms. The van der Waals surface area contributed by atoms with E-state index in [1.807, 2.05) is 0 Å². The van der Waals surface area contributed by atoms with Crippen LogP contribution in [-0.2, 0) is 25.8 Å². The lowest BCUT2D eigenvalue weighted by Gasteiger charge is -2.51. The molecule has 0 radical (unpaired) electrons. The Labute approximate surface area is 135 Å². The molecule has 0 aromatic heterocycles. The molecule has 1 heterocycles. The Morgan fingerprint density at radius 1 is 1.14 bits per heavy atom. The molecule has 4 rings (SSSR count). The second-order valence-electron chi connectivity index (χ2n) is 6.62. The molecule has 2 fully saturated rings. The summed E-state index contributed by atoms with van der Waals surface area (Å²) in [6.07, 6.45) is 6.67. The van der Waals surface area contributed by atoms with Crippen LogP contribution in [-0.4, -0.2) is 19.9 Å². The van der Waals surface area contributed by atoms with Gasteiger partial charge in [-0.15, -0.1) is 4.40 Å². The third-order valence-corrected chi connectivity index (χ3v) is 6.24. The van der Waals surface area contributed by atoms with Crippen molar-refractivity contribution in [3.63, 3.8) is 0 Å². The van der Waals surface area contributed by atoms with Crippen LogP contribution < -0.4 is 0 Å². The lowest BCUT2D eigenvalue weighted by atomic mass is 9.54. The van der Waals surface area contributed by atoms with Crippen molar-refractivity contribution in [3.05, 3.63) is 35.4 Å². The third-order valence-electron chi connectivity index (χ3n) is 5.61. The highest BCUT2D eigenvalue weighted by molar-refractivity contribution is 8.12. The molecule has 2 aliphatic carbocycles. The Hall–Kier alpha value is -1.07. The van der Waals surface area contributed by atoms with Crippen molar-refractivity contribution in [1.82, 2.24) is 0 Å². The zero-order chi connectivity index (χ0) is 15.4. The minimum atomic E-state index is -3.94. The van der Waals surface area contributed by atoms with E-state index in [4.69, 9.17) is 15.4 Å². The normalized spacial score (nSPS) is 35.4. The van der Waals surface area contributed by atoms with E-state index in [0.717, 1.165) is 38.5 Å². The van der Waals surface area contributed by atoms with Crippen LogP contribution in [0, 0.1) is 0 Å². The summed E-state index contributed by atoms with van der Waals surface area (Å²) in [4.78, 5) is 0. The van der Waals surface area contributed by atoms with Crippen LogP contribution in [0.3, 0.4) is 0 Å². The van der Waals surface area contributed by atoms with Gasteiger partial charge in [0, 0.05) is 22.5 Å². The number of benzene rings is 1. The summed E-state index contributed by atoms with van der Waals surface area (Å²) in [6.45, 7) is 0. The summed E-state index contributed by atoms with van der Waals surface area (Å²) in [6, 6.07) is 8.48. The number of nitrogens with zero attached hydrogens (tertiary/aromatic N) is 1. The maximum atomic E-state index is 11.3. The highest BCUT2D eigenvalue weighted by atomic mass is 35.7. The van der Waals surface area contributed by atoms with Crippen molar-refractivity contribution in [3.8, 4) is 0 Å². The smallest absolute Gasteiger partial charge is 0.342 e. The first-order valence-electron chi connectivity index (χ1n) is 7.75. The van der Waals surface area contributed by atoms with Crippen LogP contribution in [0.5, 0.6) is 0 Å². The van der Waals surface area contributed by atoms with Gasteiger partial charge >= 0.3 is 9.24 Å². The molecule has 4 nitrogen and oxygen atoms in total. The Morgan fingerprint density at radius 2 is 1.91 bits per heavy atom. The first kappa shape index (κ1) is 14.5. The van der Waals surface area contributed by atoms with Gasteiger partial charge < -0.3 is 4.74 Å². The van der Waals surface area contributed by atoms with Crippen molar-refractivity contribution in [2.45, 2.75) is 56.0 Å². The van der Waals surface area contributed by atoms with Crippen LogP contribution in [0.4, 0.5) is 0 Å². The quantitative estimate of drug-likeness (QED) is 0.736. The van der Waals surface area contributed by atoms with Gasteiger partial charge in [-0.25, -0.2) is 0 Å². The molecule has 1 saturated heterocycles. The van der Waals surface area contributed by atoms with Gasteiger partial charge in [0.2, 0.25) is 5.90 Å². The molecule has 22 heavy (non-hydrogen) atoms. The van der Waals surface area contributed by atoms with Crippen molar-refractivity contribution in [1.29, 1.82) is 0 Å². The largest absolute Gasteiger partial charge is 0.473 e. The average molecular weight is 340 g/mol. The van der Waals surface area contributed by atoms with E-state index in [1.165, 1.54) is 11.1 Å². The lowest BCUT2D eigenvalue weighted by molar-refractivity contribution is -0.0324. The number of fused-ring (bicyclic) bond motifs is 1. The van der Waals surface area contributed by atoms with E-state index >= 15 is 0 Å². The fourth-order valence-electron chi connectivity index (χ4n) is 4.83. The molecule has 6 heteroatoms. The fourth-order valence-corrected chi connectivity index (χ4v) is 5.40. The monoisotopic (exact) mass is 339 g/mol. The molecular weight excluding hydrogens is 322 g/mol. The summed E-state index contributed by atoms with van der Waals surface area (Å²) in [5.74, 6) is 0.286. The number of ether oxygens (including phenoxy) is 1. The van der Waals surface area contributed by atoms with Gasteiger partial charge in [0.05, 0.1) is 0 Å². The highest BCUT2D eigenvalue weighted by Gasteiger charge is 2.63. The number of rotatable bonds is 1. The van der Waals surface area contributed by atoms with E-state index in [0.29, 0.717) is 6.42 Å². The van der Waals surface area contributed by atoms with Crippen molar-refractivity contribution >= 4 is 25.8 Å². The lowest BCUT2D eigenvalue weighted by Crippen LogP contribution is -2.53. The number of halogens is 1. The van der Waals surface area contributed by atoms with Crippen LogP contribution in [0.15, 0.2) is 28.7 Å². The van der Waals surface area contributed by atoms with Gasteiger partial charge in [-0.3, -0.25) is 0 Å². The predicted molar refractivity (Wildman–Crippen MR) is 85.5 cm³/mol. The van der Waals surface area contributed by atoms with Gasteiger partial charge in [0.1, 0.15) is 5.60 Å². The fraction of sp³-hybridized carbons (Fsp3) is 0.562. The minimum Gasteiger partial charge on any atom is -0.473 e. The molecule has 1 saturated carbocycles. The zero-order valence-electron chi connectivity index (χ0n) is 12.2. The molecule has 2 unspecified atom stereocenters. The molecule has 1 aliphatic heterocycles. The molecule has 0 N–H and O–H groups in total. The van der Waals surface area contributed by atoms with Gasteiger partial charge in [0.25, 0.3) is 0 Å². The van der Waals surface area contributed by atoms with E-state index in [1.54, 1.807) is 0 Å². The summed E-state index contributed by atoms with van der Waals surface area (Å²) >= 11 is 0. The number of hydrogen-bond acceptors (Lipinski definition) is 3. The average Bonchev–Trinajstić information content (AvgIpc) is 2.79. The maximum Gasteiger partial charge on any atom is 0.342 e. The van der Waals surface area contributed by atoms with E-state index < -0.39 is 9.24 Å². The molecule has 2 atom stereocenters. The molecule has 0 amide bonds. The molecule has 0 spiro atoms. The molecule has 3 aliphatic rings. The maximum absolute atomic E-state index is 11.3. The minimum absolute atomic E-state index is 0.138. The van der Waals surface area contributed by atoms with Gasteiger partial charge in [-0.1, -0.05) is 30.7 Å². The van der Waals surface area contributed by atoms with Crippen LogP contribution in [0.25, 0.3) is 0 Å². The van der Waals surface area contributed by atoms with Gasteiger partial charge in [-0.2, -0.15) is 8.42 Å². The van der Waals surface area contributed by atoms with Gasteiger partial charge in [-0.05, 0) is 43.2 Å². The van der Waals surface area contributed by atoms with E-state index in [-0.39, 0.29) is 16.9 Å². The first-order valence-corrected chi connectivity index (χ1v) is 10.0. The van der Waals surface area contributed by atoms with Crippen LogP contribution in [0.2, 0.25) is 0 Å². The van der Waals surface area contributed by atoms with E-state index in [9.17, 15) is 8.42 Å². The second kappa shape index (κ2) is 4.71. The zero-order valence-corrected chi connectivity index (χ0v) is 13.8. The standard InChI is InChI=1S/C16H18ClNO3S/c17-22(19,20)18-14-11-15-8-3-4-9-16(15,21-14)10-7-12-5-1-2-6-13(12)15/h1-2,5-6H,3-4,7-11H2/b18-14-. The first-order chi connectivity index (χ1) is 10.4. The number of aryl methyl sites for hydroxylation is 1. The molecule has 1 aromatic carbocycles. The van der Waals surface area contributed by atoms with Crippen molar-refractivity contribution in [2.24, 2.45) is 4.40 Å². The van der Waals surface area contributed by atoms with Gasteiger partial charge in [0.15, 0.2) is 0 Å². The summed E-state index contributed by atoms with van der Waals surface area (Å²) in [5, 5.41) is 0. The highest BCUT2D eigenvalue weighted by Crippen LogP contribution is 2.60. The Bertz CT molecular complexity index is 760. The van der Waals surface area contributed by atoms with Crippen molar-refractivity contribution in [2.75, 3.05) is 0 Å². The second-order valence-corrected chi connectivity index (χ2v) is 8.79. The molecule has 118 valence electrons.